The van der Waals surface area contributed by atoms with Gasteiger partial charge >= 0.3 is 0 Å². The van der Waals surface area contributed by atoms with Crippen LogP contribution in [0.15, 0.2) is 24.3 Å². The number of benzene rings is 1. The van der Waals surface area contributed by atoms with Crippen LogP contribution < -0.4 is 11.1 Å². The van der Waals surface area contributed by atoms with Crippen LogP contribution >= 0.6 is 0 Å². The Balaban J connectivity index is 1.90. The lowest BCUT2D eigenvalue weighted by atomic mass is 9.95. The summed E-state index contributed by atoms with van der Waals surface area (Å²) in [4.78, 5) is 14.7. The van der Waals surface area contributed by atoms with E-state index in [1.54, 1.807) is 0 Å². The minimum atomic E-state index is -0.295. The van der Waals surface area contributed by atoms with Crippen molar-refractivity contribution in [3.05, 3.63) is 29.8 Å². The van der Waals surface area contributed by atoms with E-state index in [2.05, 4.69) is 24.1 Å². The molecule has 0 aromatic heterocycles. The normalized spacial score (nSPS) is 16.1. The number of nitrogens with zero attached hydrogens (tertiary/aromatic N) is 1. The molecule has 1 aliphatic carbocycles. The van der Waals surface area contributed by atoms with Crippen LogP contribution in [0, 0.1) is 0 Å². The summed E-state index contributed by atoms with van der Waals surface area (Å²) < 4.78 is 0. The highest BCUT2D eigenvalue weighted by molar-refractivity contribution is 5.91. The summed E-state index contributed by atoms with van der Waals surface area (Å²) in [5, 5.41) is 3.09. The van der Waals surface area contributed by atoms with Gasteiger partial charge in [0.2, 0.25) is 5.91 Å². The van der Waals surface area contributed by atoms with E-state index < -0.39 is 0 Å². The maximum atomic E-state index is 12.4. The van der Waals surface area contributed by atoms with Crippen LogP contribution in [0.1, 0.15) is 32.3 Å². The molecule has 4 heteroatoms. The van der Waals surface area contributed by atoms with E-state index in [0.29, 0.717) is 0 Å². The highest BCUT2D eigenvalue weighted by Gasteiger charge is 2.50. The molecule has 0 atom stereocenters. The van der Waals surface area contributed by atoms with Gasteiger partial charge < -0.3 is 16.0 Å². The van der Waals surface area contributed by atoms with Crippen LogP contribution in [-0.4, -0.2) is 37.0 Å². The Bertz CT molecular complexity index is 447. The van der Waals surface area contributed by atoms with E-state index in [1.165, 1.54) is 0 Å². The molecular formula is C16H25N3O. The van der Waals surface area contributed by atoms with Crippen molar-refractivity contribution in [3.63, 3.8) is 0 Å². The lowest BCUT2D eigenvalue weighted by molar-refractivity contribution is -0.123. The Morgan fingerprint density at radius 1 is 1.25 bits per heavy atom. The molecule has 2 rings (SSSR count). The number of hydrogen-bond acceptors (Lipinski definition) is 3. The zero-order chi connectivity index (χ0) is 14.6. The molecule has 1 aliphatic rings. The fraction of sp³-hybridized carbons (Fsp3) is 0.562. The molecule has 110 valence electrons. The second-order valence-corrected chi connectivity index (χ2v) is 5.49. The highest BCUT2D eigenvalue weighted by Crippen LogP contribution is 2.48. The van der Waals surface area contributed by atoms with Crippen LogP contribution in [0.2, 0.25) is 0 Å². The molecule has 0 bridgehead atoms. The van der Waals surface area contributed by atoms with Crippen LogP contribution in [0.5, 0.6) is 0 Å². The molecule has 0 radical (unpaired) electrons. The minimum absolute atomic E-state index is 0.162. The van der Waals surface area contributed by atoms with Gasteiger partial charge in [-0.3, -0.25) is 4.79 Å². The SMILES string of the molecule is CCN(CC)CCNC(=O)C1(c2ccc(N)cc2)CC1. The zero-order valence-corrected chi connectivity index (χ0v) is 12.5. The molecule has 3 N–H and O–H groups in total. The first kappa shape index (κ1) is 14.9. The number of rotatable bonds is 7. The van der Waals surface area contributed by atoms with Crippen LogP contribution in [0.3, 0.4) is 0 Å². The van der Waals surface area contributed by atoms with E-state index >= 15 is 0 Å². The van der Waals surface area contributed by atoms with Crippen molar-refractivity contribution in [2.45, 2.75) is 32.1 Å². The number of anilines is 1. The van der Waals surface area contributed by atoms with Gasteiger partial charge in [-0.25, -0.2) is 0 Å². The average molecular weight is 275 g/mol. The third kappa shape index (κ3) is 3.12. The van der Waals surface area contributed by atoms with Gasteiger partial charge in [-0.05, 0) is 43.6 Å². The molecule has 1 amide bonds. The number of nitrogen functional groups attached to an aromatic ring is 1. The summed E-state index contributed by atoms with van der Waals surface area (Å²) in [6.45, 7) is 7.96. The minimum Gasteiger partial charge on any atom is -0.399 e. The van der Waals surface area contributed by atoms with E-state index in [9.17, 15) is 4.79 Å². The zero-order valence-electron chi connectivity index (χ0n) is 12.5. The van der Waals surface area contributed by atoms with Gasteiger partial charge in [0.1, 0.15) is 0 Å². The first-order valence-corrected chi connectivity index (χ1v) is 7.49. The van der Waals surface area contributed by atoms with Gasteiger partial charge in [0.05, 0.1) is 5.41 Å². The fourth-order valence-electron chi connectivity index (χ4n) is 2.61. The Morgan fingerprint density at radius 3 is 2.35 bits per heavy atom. The van der Waals surface area contributed by atoms with Crippen molar-refractivity contribution in [1.82, 2.24) is 10.2 Å². The third-order valence-corrected chi connectivity index (χ3v) is 4.26. The van der Waals surface area contributed by atoms with E-state index in [4.69, 9.17) is 5.73 Å². The molecular weight excluding hydrogens is 250 g/mol. The molecule has 1 aromatic rings. The Labute approximate surface area is 121 Å². The second kappa shape index (κ2) is 6.27. The maximum absolute atomic E-state index is 12.4. The fourth-order valence-corrected chi connectivity index (χ4v) is 2.61. The number of likely N-dealkylation sites (N-methyl/N-ethyl adjacent to an activating group) is 1. The van der Waals surface area contributed by atoms with Gasteiger partial charge in [0.25, 0.3) is 0 Å². The van der Waals surface area contributed by atoms with Gasteiger partial charge in [0.15, 0.2) is 0 Å². The largest absolute Gasteiger partial charge is 0.399 e. The summed E-state index contributed by atoms with van der Waals surface area (Å²) in [6, 6.07) is 7.70. The molecule has 4 nitrogen and oxygen atoms in total. The number of amides is 1. The quantitative estimate of drug-likeness (QED) is 0.746. The molecule has 0 unspecified atom stereocenters. The number of nitrogens with one attached hydrogen (secondary N) is 1. The van der Waals surface area contributed by atoms with Gasteiger partial charge in [-0.15, -0.1) is 0 Å². The maximum Gasteiger partial charge on any atom is 0.230 e. The molecule has 1 aromatic carbocycles. The Kier molecular flexibility index (Phi) is 4.65. The van der Waals surface area contributed by atoms with Gasteiger partial charge in [0, 0.05) is 18.8 Å². The average Bonchev–Trinajstić information content (AvgIpc) is 3.26. The molecule has 0 aliphatic heterocycles. The predicted molar refractivity (Wildman–Crippen MR) is 82.6 cm³/mol. The monoisotopic (exact) mass is 275 g/mol. The van der Waals surface area contributed by atoms with Gasteiger partial charge in [-0.2, -0.15) is 0 Å². The Hall–Kier alpha value is -1.55. The lowest BCUT2D eigenvalue weighted by Crippen LogP contribution is -2.39. The number of nitrogens with two attached hydrogens (primary N) is 1. The van der Waals surface area contributed by atoms with Crippen molar-refractivity contribution >= 4 is 11.6 Å². The van der Waals surface area contributed by atoms with Crippen LogP contribution in [-0.2, 0) is 10.2 Å². The van der Waals surface area contributed by atoms with Crippen LogP contribution in [0.25, 0.3) is 0 Å². The highest BCUT2D eigenvalue weighted by atomic mass is 16.2. The van der Waals surface area contributed by atoms with Crippen molar-refractivity contribution in [3.8, 4) is 0 Å². The molecule has 0 heterocycles. The second-order valence-electron chi connectivity index (χ2n) is 5.49. The molecule has 0 spiro atoms. The van der Waals surface area contributed by atoms with Crippen LogP contribution in [0.4, 0.5) is 5.69 Å². The molecule has 0 saturated heterocycles. The standard InChI is InChI=1S/C16H25N3O/c1-3-19(4-2)12-11-18-15(20)16(9-10-16)13-5-7-14(17)8-6-13/h5-8H,3-4,9-12,17H2,1-2H3,(H,18,20). The summed E-state index contributed by atoms with van der Waals surface area (Å²) in [6.07, 6.45) is 1.88. The summed E-state index contributed by atoms with van der Waals surface area (Å²) in [5.41, 5.74) is 7.24. The van der Waals surface area contributed by atoms with Gasteiger partial charge in [-0.1, -0.05) is 26.0 Å². The smallest absolute Gasteiger partial charge is 0.230 e. The van der Waals surface area contributed by atoms with E-state index in [-0.39, 0.29) is 11.3 Å². The van der Waals surface area contributed by atoms with E-state index in [0.717, 1.165) is 50.3 Å². The van der Waals surface area contributed by atoms with Crippen molar-refractivity contribution in [1.29, 1.82) is 0 Å². The summed E-state index contributed by atoms with van der Waals surface area (Å²) in [5.74, 6) is 0.162. The lowest BCUT2D eigenvalue weighted by Gasteiger charge is -2.20. The molecule has 1 saturated carbocycles. The Morgan fingerprint density at radius 2 is 1.85 bits per heavy atom. The first-order valence-electron chi connectivity index (χ1n) is 7.49. The first-order chi connectivity index (χ1) is 9.62. The van der Waals surface area contributed by atoms with Crippen molar-refractivity contribution in [2.24, 2.45) is 0 Å². The number of carbonyl (C=O) groups excluding carboxylic acids is 1. The molecule has 20 heavy (non-hydrogen) atoms. The summed E-state index contributed by atoms with van der Waals surface area (Å²) in [7, 11) is 0. The molecule has 1 fully saturated rings. The third-order valence-electron chi connectivity index (χ3n) is 4.26. The number of hydrogen-bond donors (Lipinski definition) is 2. The summed E-state index contributed by atoms with van der Waals surface area (Å²) >= 11 is 0. The topological polar surface area (TPSA) is 58.4 Å². The predicted octanol–water partition coefficient (Wildman–Crippen LogP) is 1.76. The van der Waals surface area contributed by atoms with Crippen molar-refractivity contribution < 1.29 is 4.79 Å². The number of carbonyl (C=O) groups is 1. The van der Waals surface area contributed by atoms with E-state index in [1.807, 2.05) is 24.3 Å². The van der Waals surface area contributed by atoms with Crippen molar-refractivity contribution in [2.75, 3.05) is 31.9 Å².